The van der Waals surface area contributed by atoms with Gasteiger partial charge >= 0.3 is 0 Å². The van der Waals surface area contributed by atoms with E-state index >= 15 is 0 Å². The van der Waals surface area contributed by atoms with Gasteiger partial charge in [0.2, 0.25) is 11.8 Å². The molecule has 1 aromatic heterocycles. The maximum atomic E-state index is 13.2. The zero-order valence-corrected chi connectivity index (χ0v) is 15.4. The van der Waals surface area contributed by atoms with Crippen LogP contribution in [0.2, 0.25) is 0 Å². The smallest absolute Gasteiger partial charge is 0.240 e. The summed E-state index contributed by atoms with van der Waals surface area (Å²) in [5, 5.41) is 0. The monoisotopic (exact) mass is 368 g/mol. The number of fused-ring (bicyclic) bond motifs is 5. The summed E-state index contributed by atoms with van der Waals surface area (Å²) in [6, 6.07) is 5.21. The number of carbonyl (C=O) groups is 2. The molecule has 3 fully saturated rings. The van der Waals surface area contributed by atoms with Gasteiger partial charge in [0.15, 0.2) is 12.2 Å². The molecule has 5 rings (SSSR count). The van der Waals surface area contributed by atoms with E-state index in [2.05, 4.69) is 4.98 Å². The molecule has 140 valence electrons. The largest absolute Gasteiger partial charge is 0.496 e. The minimum Gasteiger partial charge on any atom is -0.496 e. The van der Waals surface area contributed by atoms with Gasteiger partial charge in [-0.3, -0.25) is 9.59 Å². The second kappa shape index (κ2) is 5.19. The normalized spacial score (nSPS) is 34.4. The minimum atomic E-state index is -0.565. The lowest BCUT2D eigenvalue weighted by atomic mass is 9.69. The molecule has 2 amide bonds. The summed E-state index contributed by atoms with van der Waals surface area (Å²) in [6.45, 7) is 3.90. The number of benzene rings is 1. The Bertz CT molecular complexity index is 921. The molecule has 7 nitrogen and oxygen atoms in total. The van der Waals surface area contributed by atoms with Crippen molar-refractivity contribution in [1.82, 2.24) is 4.98 Å². The molecule has 0 aliphatic carbocycles. The molecule has 3 aliphatic heterocycles. The molecule has 2 aromatic rings. The lowest BCUT2D eigenvalue weighted by Crippen LogP contribution is -2.40. The summed E-state index contributed by atoms with van der Waals surface area (Å²) in [7, 11) is 1.54. The Hall–Kier alpha value is -2.67. The third kappa shape index (κ3) is 2.03. The fraction of sp³-hybridized carbons (Fsp3) is 0.450. The van der Waals surface area contributed by atoms with Crippen LogP contribution in [0.1, 0.15) is 26.7 Å². The number of nitrogens with zero attached hydrogens (tertiary/aromatic N) is 2. The van der Waals surface area contributed by atoms with Gasteiger partial charge in [-0.1, -0.05) is 0 Å². The Kier molecular flexibility index (Phi) is 3.17. The van der Waals surface area contributed by atoms with Crippen LogP contribution in [0.15, 0.2) is 35.2 Å². The highest BCUT2D eigenvalue weighted by atomic mass is 16.5. The van der Waals surface area contributed by atoms with Crippen molar-refractivity contribution in [2.24, 2.45) is 11.8 Å². The average molecular weight is 368 g/mol. The first-order valence-corrected chi connectivity index (χ1v) is 9.03. The Labute approximate surface area is 156 Å². The van der Waals surface area contributed by atoms with Crippen LogP contribution in [-0.2, 0) is 14.3 Å². The van der Waals surface area contributed by atoms with Gasteiger partial charge in [0.25, 0.3) is 0 Å². The second-order valence-corrected chi connectivity index (χ2v) is 7.94. The summed E-state index contributed by atoms with van der Waals surface area (Å²) in [5.41, 5.74) is 0.0849. The third-order valence-electron chi connectivity index (χ3n) is 6.35. The van der Waals surface area contributed by atoms with Crippen LogP contribution in [0.5, 0.6) is 5.75 Å². The van der Waals surface area contributed by atoms with Crippen LogP contribution in [-0.4, -0.2) is 35.1 Å². The van der Waals surface area contributed by atoms with Crippen LogP contribution in [0.3, 0.4) is 0 Å². The Balaban J connectivity index is 1.56. The van der Waals surface area contributed by atoms with E-state index in [4.69, 9.17) is 13.9 Å². The fourth-order valence-corrected chi connectivity index (χ4v) is 5.09. The average Bonchev–Trinajstić information content (AvgIpc) is 3.37. The highest BCUT2D eigenvalue weighted by Gasteiger charge is 2.72. The molecular weight excluding hydrogens is 348 g/mol. The van der Waals surface area contributed by atoms with Crippen LogP contribution in [0, 0.1) is 11.8 Å². The Morgan fingerprint density at radius 2 is 1.81 bits per heavy atom. The van der Waals surface area contributed by atoms with Crippen molar-refractivity contribution >= 4 is 17.5 Å². The number of imide groups is 1. The van der Waals surface area contributed by atoms with Crippen molar-refractivity contribution in [1.29, 1.82) is 0 Å². The van der Waals surface area contributed by atoms with Crippen molar-refractivity contribution in [3.05, 3.63) is 30.8 Å². The Morgan fingerprint density at radius 3 is 2.37 bits per heavy atom. The van der Waals surface area contributed by atoms with E-state index < -0.39 is 23.0 Å². The van der Waals surface area contributed by atoms with E-state index in [1.807, 2.05) is 13.8 Å². The van der Waals surface area contributed by atoms with Gasteiger partial charge in [-0.25, -0.2) is 9.88 Å². The van der Waals surface area contributed by atoms with Gasteiger partial charge in [-0.2, -0.15) is 0 Å². The zero-order chi connectivity index (χ0) is 19.0. The van der Waals surface area contributed by atoms with Gasteiger partial charge in [0.05, 0.1) is 47.6 Å². The second-order valence-electron chi connectivity index (χ2n) is 7.94. The summed E-state index contributed by atoms with van der Waals surface area (Å²) in [5.74, 6) is -0.164. The summed E-state index contributed by atoms with van der Waals surface area (Å²) >= 11 is 0. The van der Waals surface area contributed by atoms with Crippen LogP contribution in [0.25, 0.3) is 11.3 Å². The number of anilines is 1. The first-order valence-electron chi connectivity index (χ1n) is 9.03. The number of amides is 2. The minimum absolute atomic E-state index is 0.189. The lowest BCUT2D eigenvalue weighted by molar-refractivity contribution is -0.129. The predicted octanol–water partition coefficient (Wildman–Crippen LogP) is 2.80. The molecule has 4 heterocycles. The number of methoxy groups -OCH3 is 1. The van der Waals surface area contributed by atoms with Crippen LogP contribution < -0.4 is 9.64 Å². The number of rotatable bonds is 3. The van der Waals surface area contributed by atoms with Crippen LogP contribution >= 0.6 is 0 Å². The summed E-state index contributed by atoms with van der Waals surface area (Å²) < 4.78 is 16.9. The number of ether oxygens (including phenoxy) is 2. The molecule has 1 aromatic carbocycles. The molecule has 1 unspecified atom stereocenters. The van der Waals surface area contributed by atoms with Crippen molar-refractivity contribution in [2.75, 3.05) is 12.0 Å². The van der Waals surface area contributed by atoms with Crippen LogP contribution in [0.4, 0.5) is 5.69 Å². The number of carbonyl (C=O) groups excluding carboxylic acids is 2. The van der Waals surface area contributed by atoms with E-state index in [0.717, 1.165) is 12.8 Å². The Morgan fingerprint density at radius 1 is 1.15 bits per heavy atom. The molecule has 27 heavy (non-hydrogen) atoms. The molecule has 0 N–H and O–H groups in total. The van der Waals surface area contributed by atoms with Gasteiger partial charge in [-0.15, -0.1) is 0 Å². The zero-order valence-electron chi connectivity index (χ0n) is 15.4. The predicted molar refractivity (Wildman–Crippen MR) is 95.1 cm³/mol. The van der Waals surface area contributed by atoms with E-state index in [1.54, 1.807) is 24.4 Å². The van der Waals surface area contributed by atoms with Crippen molar-refractivity contribution in [3.63, 3.8) is 0 Å². The molecule has 3 saturated heterocycles. The van der Waals surface area contributed by atoms with Gasteiger partial charge < -0.3 is 13.9 Å². The molecule has 4 atom stereocenters. The molecule has 0 spiro atoms. The molecule has 7 heteroatoms. The number of hydrogen-bond acceptors (Lipinski definition) is 6. The summed E-state index contributed by atoms with van der Waals surface area (Å²) in [4.78, 5) is 31.6. The maximum absolute atomic E-state index is 13.2. The quantitative estimate of drug-likeness (QED) is 0.775. The lowest BCUT2D eigenvalue weighted by Gasteiger charge is -2.27. The SMILES string of the molecule is COc1cc(N2C(=O)[C@@H]3[C@H](C2=O)[C@@]2(C)CCC3(C)O2)ccc1-c1cnco1. The molecule has 2 bridgehead atoms. The molecule has 0 radical (unpaired) electrons. The van der Waals surface area contributed by atoms with Crippen molar-refractivity contribution in [3.8, 4) is 17.1 Å². The number of oxazole rings is 1. The molecular formula is C20H20N2O5. The topological polar surface area (TPSA) is 81.9 Å². The highest BCUT2D eigenvalue weighted by Crippen LogP contribution is 2.61. The first-order chi connectivity index (χ1) is 12.9. The van der Waals surface area contributed by atoms with E-state index in [0.29, 0.717) is 22.8 Å². The maximum Gasteiger partial charge on any atom is 0.240 e. The molecule has 0 saturated carbocycles. The molecule has 3 aliphatic rings. The van der Waals surface area contributed by atoms with E-state index in [1.165, 1.54) is 18.4 Å². The van der Waals surface area contributed by atoms with E-state index in [-0.39, 0.29) is 11.8 Å². The number of aromatic nitrogens is 1. The standard InChI is InChI=1S/C20H20N2O5/c1-19-6-7-20(2,27-19)16-15(19)17(23)22(18(16)24)11-4-5-12(13(8-11)25-3)14-9-21-10-26-14/h4-5,8-10,15-16H,6-7H2,1-3H3/t15-,16+,19-,20?/m1/s1. The fourth-order valence-electron chi connectivity index (χ4n) is 5.09. The third-order valence-corrected chi connectivity index (χ3v) is 6.35. The van der Waals surface area contributed by atoms with Gasteiger partial charge in [-0.05, 0) is 38.8 Å². The summed E-state index contributed by atoms with van der Waals surface area (Å²) in [6.07, 6.45) is 4.52. The number of hydrogen-bond donors (Lipinski definition) is 0. The highest BCUT2D eigenvalue weighted by molar-refractivity contribution is 6.23. The van der Waals surface area contributed by atoms with Gasteiger partial charge in [0, 0.05) is 6.07 Å². The van der Waals surface area contributed by atoms with Crippen molar-refractivity contribution < 1.29 is 23.5 Å². The van der Waals surface area contributed by atoms with Gasteiger partial charge in [0.1, 0.15) is 5.75 Å². The van der Waals surface area contributed by atoms with Crippen molar-refractivity contribution in [2.45, 2.75) is 37.9 Å². The first kappa shape index (κ1) is 16.5. The van der Waals surface area contributed by atoms with E-state index in [9.17, 15) is 9.59 Å².